The fourth-order valence-corrected chi connectivity index (χ4v) is 9.16. The van der Waals surface area contributed by atoms with Crippen LogP contribution in [0.5, 0.6) is 0 Å². The summed E-state index contributed by atoms with van der Waals surface area (Å²) >= 11 is 0. The average molecular weight is 806 g/mol. The normalized spacial score (nSPS) is 37.1. The number of pyridine rings is 1. The van der Waals surface area contributed by atoms with Gasteiger partial charge >= 0.3 is 47.8 Å². The lowest BCUT2D eigenvalue weighted by molar-refractivity contribution is -0.386. The third-order valence-corrected chi connectivity index (χ3v) is 11.1. The molecule has 5 rings (SSSR count). The zero-order valence-electron chi connectivity index (χ0n) is 33.0. The molecule has 0 radical (unpaired) electrons. The van der Waals surface area contributed by atoms with Crippen LogP contribution < -0.4 is 0 Å². The minimum atomic E-state index is -2.80. The lowest BCUT2D eigenvalue weighted by Crippen LogP contribution is -2.89. The maximum Gasteiger partial charge on any atom is 0.340 e. The molecule has 4 aliphatic rings. The van der Waals surface area contributed by atoms with Crippen molar-refractivity contribution in [2.24, 2.45) is 17.3 Å². The van der Waals surface area contributed by atoms with Crippen molar-refractivity contribution in [2.75, 3.05) is 13.2 Å². The summed E-state index contributed by atoms with van der Waals surface area (Å²) in [6, 6.07) is 2.95. The van der Waals surface area contributed by atoms with Gasteiger partial charge < -0.3 is 47.7 Å². The molecule has 3 heterocycles. The summed E-state index contributed by atoms with van der Waals surface area (Å²) in [7, 11) is 0. The number of aryl methyl sites for hydroxylation is 1. The van der Waals surface area contributed by atoms with Crippen LogP contribution in [0.3, 0.4) is 0 Å². The number of carbonyl (C=O) groups is 8. The molecule has 3 fully saturated rings. The van der Waals surface area contributed by atoms with Crippen LogP contribution in [0.4, 0.5) is 0 Å². The van der Waals surface area contributed by atoms with Crippen molar-refractivity contribution in [3.05, 3.63) is 29.6 Å². The Kier molecular flexibility index (Phi) is 11.8. The van der Waals surface area contributed by atoms with Crippen LogP contribution in [0, 0.1) is 17.3 Å². The molecule has 12 atom stereocenters. The maximum atomic E-state index is 14.1. The van der Waals surface area contributed by atoms with Crippen molar-refractivity contribution < 1.29 is 86.1 Å². The predicted molar refractivity (Wildman–Crippen MR) is 185 cm³/mol. The second-order valence-corrected chi connectivity index (χ2v) is 15.3. The van der Waals surface area contributed by atoms with Gasteiger partial charge in [-0.05, 0) is 38.8 Å². The van der Waals surface area contributed by atoms with Crippen molar-refractivity contribution in [3.8, 4) is 0 Å². The molecule has 2 aliphatic carbocycles. The summed E-state index contributed by atoms with van der Waals surface area (Å²) < 4.78 is 54.2. The highest BCUT2D eigenvalue weighted by atomic mass is 16.7. The van der Waals surface area contributed by atoms with Gasteiger partial charge in [0.1, 0.15) is 42.0 Å². The van der Waals surface area contributed by atoms with E-state index in [1.54, 1.807) is 0 Å². The van der Waals surface area contributed by atoms with E-state index in [1.165, 1.54) is 32.2 Å². The van der Waals surface area contributed by atoms with Gasteiger partial charge in [-0.2, -0.15) is 0 Å². The van der Waals surface area contributed by atoms with E-state index >= 15 is 0 Å². The van der Waals surface area contributed by atoms with Gasteiger partial charge in [0.05, 0.1) is 23.1 Å². The number of fused-ring (bicyclic) bond motifs is 5. The molecule has 19 nitrogen and oxygen atoms in total. The lowest BCUT2D eigenvalue weighted by Gasteiger charge is -2.67. The number of hydrogen-bond donors (Lipinski definition) is 1. The SMILES string of the molecule is CC(=O)OCC12[C@H](OC(C)=O)C(OC(C)=O)C3C(OC(C)=O)C14O[C@@]3(C)COC(=O)c1cccnc1CCC(C)C(=O)O[C@H](C(OC(C)=O)[C@@H]2OC(C)=O)[C@]4(C)O. The van der Waals surface area contributed by atoms with Crippen molar-refractivity contribution in [1.82, 2.24) is 4.98 Å². The first-order valence-electron chi connectivity index (χ1n) is 18.3. The number of hydrogen-bond acceptors (Lipinski definition) is 19. The Morgan fingerprint density at radius 2 is 1.35 bits per heavy atom. The van der Waals surface area contributed by atoms with E-state index in [-0.39, 0.29) is 24.1 Å². The van der Waals surface area contributed by atoms with Gasteiger partial charge in [-0.15, -0.1) is 0 Å². The number of aromatic nitrogens is 1. The standard InChI is InChI=1S/C38H47NO18/c1-17-12-13-25-24(11-10-14-39-25)34(47)50-15-35(8)26-27(51-19(3)41)31(54-22(6)44)37(16-49-18(2)40)32(55-23(7)45)28(52-20(4)42)30(56-33(17)46)36(9,48)38(37,57-35)29(26)53-21(5)43/h10-11,14,17,26-32,48H,12-13,15-16H2,1-9H3/t17?,26?,27?,28?,29?,30-,31-,32+,35+,36+,37?,38?/m1/s1. The number of nitrogens with zero attached hydrogens (tertiary/aromatic N) is 1. The van der Waals surface area contributed by atoms with Gasteiger partial charge in [-0.25, -0.2) is 4.79 Å². The van der Waals surface area contributed by atoms with Crippen LogP contribution in [0.2, 0.25) is 0 Å². The third-order valence-electron chi connectivity index (χ3n) is 11.1. The number of aliphatic hydroxyl groups is 1. The first-order valence-corrected chi connectivity index (χ1v) is 18.3. The second kappa shape index (κ2) is 15.6. The maximum absolute atomic E-state index is 14.1. The largest absolute Gasteiger partial charge is 0.465 e. The van der Waals surface area contributed by atoms with Crippen molar-refractivity contribution in [2.45, 2.75) is 129 Å². The Morgan fingerprint density at radius 1 is 0.807 bits per heavy atom. The number of ether oxygens (including phenoxy) is 9. The molecule has 312 valence electrons. The Bertz CT molecular complexity index is 1840. The van der Waals surface area contributed by atoms with Gasteiger partial charge in [0.25, 0.3) is 0 Å². The van der Waals surface area contributed by atoms with Crippen LogP contribution in [-0.4, -0.2) is 124 Å². The molecule has 19 heteroatoms. The van der Waals surface area contributed by atoms with E-state index in [0.717, 1.165) is 48.5 Å². The molecule has 1 N–H and O–H groups in total. The van der Waals surface area contributed by atoms with Crippen molar-refractivity contribution >= 4 is 47.8 Å². The molecule has 4 bridgehead atoms. The second-order valence-electron chi connectivity index (χ2n) is 15.3. The summed E-state index contributed by atoms with van der Waals surface area (Å²) in [6.07, 6.45) is -10.3. The van der Waals surface area contributed by atoms with E-state index in [4.69, 9.17) is 42.6 Å². The number of esters is 8. The fraction of sp³-hybridized carbons (Fsp3) is 0.658. The number of cyclic esters (lactones) is 1. The monoisotopic (exact) mass is 805 g/mol. The highest BCUT2D eigenvalue weighted by Crippen LogP contribution is 2.70. The Balaban J connectivity index is 1.99. The van der Waals surface area contributed by atoms with Crippen LogP contribution in [-0.2, 0) is 82.6 Å². The lowest BCUT2D eigenvalue weighted by atomic mass is 9.45. The number of carbonyl (C=O) groups excluding carboxylic acids is 8. The topological polar surface area (TPSA) is 253 Å². The molecule has 7 unspecified atom stereocenters. The molecule has 2 saturated carbocycles. The smallest absolute Gasteiger partial charge is 0.340 e. The molecule has 0 amide bonds. The summed E-state index contributed by atoms with van der Waals surface area (Å²) in [5.74, 6) is -10.5. The Labute approximate surface area is 327 Å². The molecular formula is C38H47NO18. The van der Waals surface area contributed by atoms with E-state index in [9.17, 15) is 43.5 Å². The molecule has 1 aromatic heterocycles. The van der Waals surface area contributed by atoms with E-state index in [1.807, 2.05) is 0 Å². The van der Waals surface area contributed by atoms with E-state index in [2.05, 4.69) is 4.98 Å². The average Bonchev–Trinajstić information content (AvgIpc) is 3.32. The van der Waals surface area contributed by atoms with Crippen LogP contribution in [0.25, 0.3) is 0 Å². The van der Waals surface area contributed by atoms with Crippen LogP contribution in [0.15, 0.2) is 18.3 Å². The van der Waals surface area contributed by atoms with Crippen molar-refractivity contribution in [1.29, 1.82) is 0 Å². The fourth-order valence-electron chi connectivity index (χ4n) is 9.16. The Hall–Kier alpha value is -5.17. The number of rotatable bonds is 7. The zero-order chi connectivity index (χ0) is 42.4. The van der Waals surface area contributed by atoms with E-state index in [0.29, 0.717) is 0 Å². The van der Waals surface area contributed by atoms with Crippen LogP contribution in [0.1, 0.15) is 84.8 Å². The molecule has 57 heavy (non-hydrogen) atoms. The van der Waals surface area contributed by atoms with E-state index < -0.39 is 132 Å². The third kappa shape index (κ3) is 7.30. The summed E-state index contributed by atoms with van der Waals surface area (Å²) in [5, 5.41) is 13.4. The molecule has 1 saturated heterocycles. The molecule has 2 aliphatic heterocycles. The van der Waals surface area contributed by atoms with Gasteiger partial charge in [-0.1, -0.05) is 6.92 Å². The first-order chi connectivity index (χ1) is 26.5. The van der Waals surface area contributed by atoms with Crippen LogP contribution >= 0.6 is 0 Å². The zero-order valence-corrected chi connectivity index (χ0v) is 33.0. The molecular weight excluding hydrogens is 758 g/mol. The summed E-state index contributed by atoms with van der Waals surface area (Å²) in [6.45, 7) is 8.15. The molecule has 0 aromatic carbocycles. The quantitative estimate of drug-likeness (QED) is 0.296. The molecule has 1 spiro atoms. The van der Waals surface area contributed by atoms with Crippen molar-refractivity contribution in [3.63, 3.8) is 0 Å². The minimum Gasteiger partial charge on any atom is -0.465 e. The van der Waals surface area contributed by atoms with Gasteiger partial charge in [0.15, 0.2) is 30.0 Å². The van der Waals surface area contributed by atoms with Gasteiger partial charge in [0, 0.05) is 47.7 Å². The molecule has 1 aromatic rings. The minimum absolute atomic E-state index is 0.0290. The summed E-state index contributed by atoms with van der Waals surface area (Å²) in [5.41, 5.74) is -9.87. The van der Waals surface area contributed by atoms with Gasteiger partial charge in [-0.3, -0.25) is 38.5 Å². The highest BCUT2D eigenvalue weighted by molar-refractivity contribution is 5.90. The first kappa shape index (κ1) is 43.0. The summed E-state index contributed by atoms with van der Waals surface area (Å²) in [4.78, 5) is 111. The van der Waals surface area contributed by atoms with Gasteiger partial charge in [0.2, 0.25) is 0 Å². The predicted octanol–water partition coefficient (Wildman–Crippen LogP) is 0.863. The highest BCUT2D eigenvalue weighted by Gasteiger charge is 2.92. The Morgan fingerprint density at radius 3 is 1.91 bits per heavy atom.